The Labute approximate surface area is 140 Å². The number of alkyl halides is 1. The summed E-state index contributed by atoms with van der Waals surface area (Å²) in [6.45, 7) is 0. The van der Waals surface area contributed by atoms with Crippen LogP contribution in [0.2, 0.25) is 0 Å². The molecular formula is C15H11ClN4O4. The highest BCUT2D eigenvalue weighted by Gasteiger charge is 2.16. The summed E-state index contributed by atoms with van der Waals surface area (Å²) in [5.74, 6) is -1.89. The lowest BCUT2D eigenvalue weighted by Crippen LogP contribution is -2.13. The van der Waals surface area contributed by atoms with Gasteiger partial charge in [-0.2, -0.15) is 5.26 Å². The van der Waals surface area contributed by atoms with Gasteiger partial charge in [-0.3, -0.25) is 9.20 Å². The molecule has 0 aliphatic carbocycles. The first-order valence-corrected chi connectivity index (χ1v) is 7.09. The molecule has 0 bridgehead atoms. The molecule has 0 aliphatic heterocycles. The number of hydrogen-bond donors (Lipinski definition) is 1. The van der Waals surface area contributed by atoms with Crippen LogP contribution in [-0.2, 0) is 9.53 Å². The third-order valence-electron chi connectivity index (χ3n) is 3.01. The number of pyridine rings is 2. The molecule has 0 aliphatic rings. The SMILES string of the molecule is COC(=O)/C(N=Nc1cc(C#N)c2ccccn2c1=O)=C(/O)CCl. The van der Waals surface area contributed by atoms with Crippen LogP contribution < -0.4 is 5.56 Å². The van der Waals surface area contributed by atoms with Gasteiger partial charge in [-0.1, -0.05) is 6.07 Å². The van der Waals surface area contributed by atoms with Crippen molar-refractivity contribution in [2.45, 2.75) is 0 Å². The van der Waals surface area contributed by atoms with E-state index >= 15 is 0 Å². The molecule has 0 fully saturated rings. The second-order valence-corrected chi connectivity index (χ2v) is 4.70. The van der Waals surface area contributed by atoms with E-state index in [0.29, 0.717) is 5.52 Å². The van der Waals surface area contributed by atoms with Gasteiger partial charge in [0.1, 0.15) is 11.8 Å². The minimum Gasteiger partial charge on any atom is -0.508 e. The molecule has 0 atom stereocenters. The van der Waals surface area contributed by atoms with E-state index < -0.39 is 23.0 Å². The van der Waals surface area contributed by atoms with Crippen LogP contribution in [0.1, 0.15) is 5.56 Å². The summed E-state index contributed by atoms with van der Waals surface area (Å²) in [5, 5.41) is 26.0. The smallest absolute Gasteiger partial charge is 0.362 e. The molecule has 0 unspecified atom stereocenters. The van der Waals surface area contributed by atoms with Crippen LogP contribution in [0.15, 0.2) is 56.9 Å². The van der Waals surface area contributed by atoms with Crippen LogP contribution in [0.25, 0.3) is 5.52 Å². The molecule has 2 aromatic rings. The first-order valence-electron chi connectivity index (χ1n) is 6.56. The van der Waals surface area contributed by atoms with Crippen LogP contribution >= 0.6 is 11.6 Å². The minimum absolute atomic E-state index is 0.181. The molecule has 1 N–H and O–H groups in total. The number of carbonyl (C=O) groups is 1. The maximum Gasteiger partial charge on any atom is 0.362 e. The van der Waals surface area contributed by atoms with E-state index in [1.165, 1.54) is 16.7 Å². The molecule has 0 saturated carbocycles. The predicted molar refractivity (Wildman–Crippen MR) is 85.3 cm³/mol. The highest BCUT2D eigenvalue weighted by atomic mass is 35.5. The fraction of sp³-hybridized carbons (Fsp3) is 0.133. The average molecular weight is 347 g/mol. The number of halogens is 1. The van der Waals surface area contributed by atoms with Crippen molar-refractivity contribution in [2.75, 3.05) is 13.0 Å². The summed E-state index contributed by atoms with van der Waals surface area (Å²) in [6, 6.07) is 8.12. The Balaban J connectivity index is 2.62. The van der Waals surface area contributed by atoms with E-state index in [1.807, 2.05) is 6.07 Å². The van der Waals surface area contributed by atoms with Gasteiger partial charge in [0.05, 0.1) is 24.1 Å². The lowest BCUT2D eigenvalue weighted by Gasteiger charge is -2.04. The summed E-state index contributed by atoms with van der Waals surface area (Å²) in [4.78, 5) is 23.9. The highest BCUT2D eigenvalue weighted by Crippen LogP contribution is 2.17. The Morgan fingerprint density at radius 2 is 2.25 bits per heavy atom. The van der Waals surface area contributed by atoms with Gasteiger partial charge in [0, 0.05) is 6.20 Å². The molecule has 2 aromatic heterocycles. The number of azo groups is 1. The number of allylic oxidation sites excluding steroid dienone is 1. The largest absolute Gasteiger partial charge is 0.508 e. The Morgan fingerprint density at radius 3 is 2.88 bits per heavy atom. The lowest BCUT2D eigenvalue weighted by atomic mass is 10.2. The monoisotopic (exact) mass is 346 g/mol. The number of rotatable bonds is 4. The zero-order valence-electron chi connectivity index (χ0n) is 12.4. The van der Waals surface area contributed by atoms with Crippen molar-refractivity contribution in [1.82, 2.24) is 4.40 Å². The van der Waals surface area contributed by atoms with Crippen LogP contribution in [0, 0.1) is 11.3 Å². The molecule has 8 nitrogen and oxygen atoms in total. The molecule has 0 saturated heterocycles. The number of ether oxygens (including phenoxy) is 1. The fourth-order valence-corrected chi connectivity index (χ4v) is 2.00. The Morgan fingerprint density at radius 1 is 1.50 bits per heavy atom. The van der Waals surface area contributed by atoms with E-state index in [9.17, 15) is 20.0 Å². The molecule has 0 radical (unpaired) electrons. The number of aliphatic hydroxyl groups is 1. The fourth-order valence-electron chi connectivity index (χ4n) is 1.88. The van der Waals surface area contributed by atoms with Crippen molar-refractivity contribution in [2.24, 2.45) is 10.2 Å². The first-order chi connectivity index (χ1) is 11.5. The van der Waals surface area contributed by atoms with E-state index in [0.717, 1.165) is 7.11 Å². The van der Waals surface area contributed by atoms with Crippen molar-refractivity contribution in [1.29, 1.82) is 5.26 Å². The highest BCUT2D eigenvalue weighted by molar-refractivity contribution is 6.19. The van der Waals surface area contributed by atoms with E-state index in [-0.39, 0.29) is 17.1 Å². The van der Waals surface area contributed by atoms with Crippen LogP contribution in [0.3, 0.4) is 0 Å². The van der Waals surface area contributed by atoms with Crippen molar-refractivity contribution < 1.29 is 14.6 Å². The topological polar surface area (TPSA) is 117 Å². The maximum absolute atomic E-state index is 12.4. The number of methoxy groups -OCH3 is 1. The second-order valence-electron chi connectivity index (χ2n) is 4.44. The molecule has 0 amide bonds. The summed E-state index contributed by atoms with van der Waals surface area (Å²) in [5.41, 5.74) is -0.629. The maximum atomic E-state index is 12.4. The average Bonchev–Trinajstić information content (AvgIpc) is 2.62. The minimum atomic E-state index is -0.960. The number of aromatic nitrogens is 1. The van der Waals surface area contributed by atoms with Gasteiger partial charge in [-0.05, 0) is 18.2 Å². The van der Waals surface area contributed by atoms with E-state index in [4.69, 9.17) is 11.6 Å². The van der Waals surface area contributed by atoms with Gasteiger partial charge in [0.25, 0.3) is 5.56 Å². The number of nitriles is 1. The van der Waals surface area contributed by atoms with Crippen LogP contribution in [0.4, 0.5) is 5.69 Å². The number of fused-ring (bicyclic) bond motifs is 1. The third-order valence-corrected chi connectivity index (χ3v) is 3.26. The van der Waals surface area contributed by atoms with Crippen molar-refractivity contribution in [3.63, 3.8) is 0 Å². The van der Waals surface area contributed by atoms with Crippen molar-refractivity contribution >= 4 is 28.8 Å². The molecule has 2 rings (SSSR count). The predicted octanol–water partition coefficient (Wildman–Crippen LogP) is 2.44. The first kappa shape index (κ1) is 17.2. The zero-order valence-corrected chi connectivity index (χ0v) is 13.2. The number of esters is 1. The Hall–Kier alpha value is -3.18. The molecule has 0 aromatic carbocycles. The quantitative estimate of drug-likeness (QED) is 0.300. The Bertz CT molecular complexity index is 956. The van der Waals surface area contributed by atoms with Gasteiger partial charge in [0.2, 0.25) is 5.70 Å². The molecule has 0 spiro atoms. The van der Waals surface area contributed by atoms with E-state index in [1.54, 1.807) is 18.2 Å². The van der Waals surface area contributed by atoms with Gasteiger partial charge in [0.15, 0.2) is 5.69 Å². The van der Waals surface area contributed by atoms with Crippen LogP contribution in [0.5, 0.6) is 0 Å². The summed E-state index contributed by atoms with van der Waals surface area (Å²) in [6.07, 6.45) is 1.48. The molecule has 24 heavy (non-hydrogen) atoms. The van der Waals surface area contributed by atoms with Gasteiger partial charge in [-0.25, -0.2) is 4.79 Å². The standard InChI is InChI=1S/C15H11ClN4O4/c1-24-15(23)13(12(21)7-16)19-18-10-6-9(8-17)11-4-2-3-5-20(11)14(10)22/h2-6,21H,7H2,1H3/b13-12-,19-18?. The van der Waals surface area contributed by atoms with E-state index in [2.05, 4.69) is 15.0 Å². The number of carbonyl (C=O) groups excluding carboxylic acids is 1. The normalized spacial score (nSPS) is 12.0. The zero-order chi connectivity index (χ0) is 17.7. The number of nitrogens with zero attached hydrogens (tertiary/aromatic N) is 4. The number of hydrogen-bond acceptors (Lipinski definition) is 7. The number of aliphatic hydroxyl groups excluding tert-OH is 1. The third kappa shape index (κ3) is 3.26. The summed E-state index contributed by atoms with van der Waals surface area (Å²) >= 11 is 5.46. The van der Waals surface area contributed by atoms with Gasteiger partial charge in [-0.15, -0.1) is 21.8 Å². The van der Waals surface area contributed by atoms with Gasteiger partial charge >= 0.3 is 5.97 Å². The van der Waals surface area contributed by atoms with Crippen molar-refractivity contribution in [3.05, 3.63) is 57.8 Å². The molecule has 9 heteroatoms. The summed E-state index contributed by atoms with van der Waals surface area (Å²) < 4.78 is 5.70. The molecule has 2 heterocycles. The molecule has 122 valence electrons. The van der Waals surface area contributed by atoms with Crippen molar-refractivity contribution in [3.8, 4) is 6.07 Å². The van der Waals surface area contributed by atoms with Crippen LogP contribution in [-0.4, -0.2) is 28.5 Å². The van der Waals surface area contributed by atoms with Gasteiger partial charge < -0.3 is 9.84 Å². The summed E-state index contributed by atoms with van der Waals surface area (Å²) in [7, 11) is 1.10. The Kier molecular flexibility index (Phi) is 5.29. The molecular weight excluding hydrogens is 336 g/mol. The second kappa shape index (κ2) is 7.39. The lowest BCUT2D eigenvalue weighted by molar-refractivity contribution is -0.136.